The summed E-state index contributed by atoms with van der Waals surface area (Å²) in [7, 11) is 0. The van der Waals surface area contributed by atoms with Crippen molar-refractivity contribution in [1.82, 2.24) is 15.1 Å². The van der Waals surface area contributed by atoms with E-state index >= 15 is 0 Å². The highest BCUT2D eigenvalue weighted by molar-refractivity contribution is 9.10. The van der Waals surface area contributed by atoms with Gasteiger partial charge < -0.3 is 10.1 Å². The lowest BCUT2D eigenvalue weighted by Crippen LogP contribution is -2.18. The van der Waals surface area contributed by atoms with Crippen LogP contribution < -0.4 is 10.1 Å². The van der Waals surface area contributed by atoms with Crippen LogP contribution in [0.4, 0.5) is 0 Å². The van der Waals surface area contributed by atoms with Crippen LogP contribution >= 0.6 is 15.9 Å². The predicted molar refractivity (Wildman–Crippen MR) is 88.4 cm³/mol. The van der Waals surface area contributed by atoms with E-state index < -0.39 is 0 Å². The van der Waals surface area contributed by atoms with Gasteiger partial charge in [0, 0.05) is 22.8 Å². The third-order valence-corrected chi connectivity index (χ3v) is 3.45. The Labute approximate surface area is 134 Å². The second-order valence-corrected chi connectivity index (χ2v) is 6.36. The van der Waals surface area contributed by atoms with Crippen LogP contribution in [0, 0.1) is 5.92 Å². The van der Waals surface area contributed by atoms with Gasteiger partial charge in [0.15, 0.2) is 0 Å². The highest BCUT2D eigenvalue weighted by Gasteiger charge is 2.00. The monoisotopic (exact) mass is 351 g/mol. The predicted octanol–water partition coefficient (Wildman–Crippen LogP) is 3.47. The Bertz CT molecular complexity index is 554. The summed E-state index contributed by atoms with van der Waals surface area (Å²) in [5.74, 6) is 1.54. The van der Waals surface area contributed by atoms with Crippen molar-refractivity contribution in [2.75, 3.05) is 13.2 Å². The SMILES string of the molecule is CC(C)CNCc1cnn(CCOc2cccc(Br)c2)c1. The van der Waals surface area contributed by atoms with E-state index in [0.29, 0.717) is 12.5 Å². The van der Waals surface area contributed by atoms with Gasteiger partial charge in [-0.15, -0.1) is 0 Å². The maximum atomic E-state index is 5.71. The first kappa shape index (κ1) is 16.0. The first-order valence-corrected chi connectivity index (χ1v) is 8.03. The summed E-state index contributed by atoms with van der Waals surface area (Å²) in [6, 6.07) is 7.86. The second kappa shape index (κ2) is 8.20. The fourth-order valence-electron chi connectivity index (χ4n) is 1.94. The smallest absolute Gasteiger partial charge is 0.120 e. The van der Waals surface area contributed by atoms with E-state index in [0.717, 1.165) is 29.9 Å². The van der Waals surface area contributed by atoms with Gasteiger partial charge in [0.2, 0.25) is 0 Å². The zero-order valence-corrected chi connectivity index (χ0v) is 14.1. The topological polar surface area (TPSA) is 39.1 Å². The Morgan fingerprint density at radius 2 is 2.24 bits per heavy atom. The fraction of sp³-hybridized carbons (Fsp3) is 0.438. The number of benzene rings is 1. The second-order valence-electron chi connectivity index (χ2n) is 5.44. The zero-order chi connectivity index (χ0) is 15.1. The van der Waals surface area contributed by atoms with Gasteiger partial charge in [-0.1, -0.05) is 35.8 Å². The summed E-state index contributed by atoms with van der Waals surface area (Å²) in [6.45, 7) is 7.65. The first-order chi connectivity index (χ1) is 10.1. The van der Waals surface area contributed by atoms with Gasteiger partial charge in [-0.2, -0.15) is 5.10 Å². The summed E-state index contributed by atoms with van der Waals surface area (Å²) < 4.78 is 8.65. The zero-order valence-electron chi connectivity index (χ0n) is 12.6. The van der Waals surface area contributed by atoms with Crippen molar-refractivity contribution >= 4 is 15.9 Å². The van der Waals surface area contributed by atoms with Gasteiger partial charge in [0.1, 0.15) is 12.4 Å². The maximum Gasteiger partial charge on any atom is 0.120 e. The number of nitrogens with one attached hydrogen (secondary N) is 1. The van der Waals surface area contributed by atoms with Gasteiger partial charge in [-0.05, 0) is 30.7 Å². The molecule has 2 aromatic rings. The van der Waals surface area contributed by atoms with Crippen LogP contribution in [0.5, 0.6) is 5.75 Å². The van der Waals surface area contributed by atoms with Crippen molar-refractivity contribution in [3.8, 4) is 5.75 Å². The first-order valence-electron chi connectivity index (χ1n) is 7.24. The molecule has 1 heterocycles. The van der Waals surface area contributed by atoms with Gasteiger partial charge in [-0.3, -0.25) is 4.68 Å². The lowest BCUT2D eigenvalue weighted by molar-refractivity contribution is 0.291. The van der Waals surface area contributed by atoms with E-state index in [-0.39, 0.29) is 0 Å². The molecule has 114 valence electrons. The van der Waals surface area contributed by atoms with Crippen LogP contribution in [-0.2, 0) is 13.1 Å². The number of hydrogen-bond acceptors (Lipinski definition) is 3. The van der Waals surface area contributed by atoms with Gasteiger partial charge >= 0.3 is 0 Å². The molecule has 0 fully saturated rings. The van der Waals surface area contributed by atoms with Crippen molar-refractivity contribution < 1.29 is 4.74 Å². The third-order valence-electron chi connectivity index (χ3n) is 2.95. The molecule has 0 atom stereocenters. The molecular weight excluding hydrogens is 330 g/mol. The number of hydrogen-bond donors (Lipinski definition) is 1. The van der Waals surface area contributed by atoms with Crippen LogP contribution in [-0.4, -0.2) is 22.9 Å². The Morgan fingerprint density at radius 1 is 1.38 bits per heavy atom. The standard InChI is InChI=1S/C16H22BrN3O/c1-13(2)9-18-10-14-11-19-20(12-14)6-7-21-16-5-3-4-15(17)8-16/h3-5,8,11-13,18H,6-7,9-10H2,1-2H3. The molecular formula is C16H22BrN3O. The summed E-state index contributed by atoms with van der Waals surface area (Å²) in [6.07, 6.45) is 3.98. The molecule has 1 aromatic heterocycles. The molecule has 1 aromatic carbocycles. The van der Waals surface area contributed by atoms with Crippen molar-refractivity contribution in [2.45, 2.75) is 26.9 Å². The minimum absolute atomic E-state index is 0.608. The summed E-state index contributed by atoms with van der Waals surface area (Å²) in [5, 5.41) is 7.76. The Morgan fingerprint density at radius 3 is 3.00 bits per heavy atom. The Hall–Kier alpha value is -1.33. The number of rotatable bonds is 8. The molecule has 0 aliphatic heterocycles. The molecule has 21 heavy (non-hydrogen) atoms. The molecule has 0 bridgehead atoms. The molecule has 4 nitrogen and oxygen atoms in total. The maximum absolute atomic E-state index is 5.71. The van der Waals surface area contributed by atoms with Crippen molar-refractivity contribution in [1.29, 1.82) is 0 Å². The van der Waals surface area contributed by atoms with E-state index in [1.807, 2.05) is 35.1 Å². The van der Waals surface area contributed by atoms with Crippen LogP contribution in [0.25, 0.3) is 0 Å². The quantitative estimate of drug-likeness (QED) is 0.791. The van der Waals surface area contributed by atoms with E-state index in [9.17, 15) is 0 Å². The molecule has 0 amide bonds. The minimum atomic E-state index is 0.608. The highest BCUT2D eigenvalue weighted by atomic mass is 79.9. The lowest BCUT2D eigenvalue weighted by atomic mass is 10.2. The fourth-order valence-corrected chi connectivity index (χ4v) is 2.32. The average Bonchev–Trinajstić information content (AvgIpc) is 2.86. The number of nitrogens with zero attached hydrogens (tertiary/aromatic N) is 2. The van der Waals surface area contributed by atoms with E-state index in [2.05, 4.69) is 46.4 Å². The van der Waals surface area contributed by atoms with E-state index in [1.54, 1.807) is 0 Å². The summed E-state index contributed by atoms with van der Waals surface area (Å²) in [5.41, 5.74) is 1.21. The molecule has 0 aliphatic carbocycles. The summed E-state index contributed by atoms with van der Waals surface area (Å²) in [4.78, 5) is 0. The molecule has 0 radical (unpaired) electrons. The van der Waals surface area contributed by atoms with Gasteiger partial charge in [0.05, 0.1) is 12.7 Å². The number of ether oxygens (including phenoxy) is 1. The Balaban J connectivity index is 1.72. The van der Waals surface area contributed by atoms with Crippen LogP contribution in [0.2, 0.25) is 0 Å². The Kier molecular flexibility index (Phi) is 6.26. The molecule has 0 aliphatic rings. The molecule has 5 heteroatoms. The van der Waals surface area contributed by atoms with E-state index in [1.165, 1.54) is 5.56 Å². The highest BCUT2D eigenvalue weighted by Crippen LogP contribution is 2.17. The normalized spacial score (nSPS) is 11.0. The largest absolute Gasteiger partial charge is 0.492 e. The molecule has 0 spiro atoms. The molecule has 0 unspecified atom stereocenters. The van der Waals surface area contributed by atoms with Crippen LogP contribution in [0.3, 0.4) is 0 Å². The number of aromatic nitrogens is 2. The molecule has 1 N–H and O–H groups in total. The molecule has 2 rings (SSSR count). The van der Waals surface area contributed by atoms with Crippen LogP contribution in [0.15, 0.2) is 41.1 Å². The summed E-state index contributed by atoms with van der Waals surface area (Å²) >= 11 is 3.43. The number of halogens is 1. The average molecular weight is 352 g/mol. The molecule has 0 saturated heterocycles. The third kappa shape index (κ3) is 5.89. The van der Waals surface area contributed by atoms with Crippen molar-refractivity contribution in [3.05, 3.63) is 46.7 Å². The molecule has 0 saturated carbocycles. The van der Waals surface area contributed by atoms with Gasteiger partial charge in [-0.25, -0.2) is 0 Å². The lowest BCUT2D eigenvalue weighted by Gasteiger charge is -2.07. The van der Waals surface area contributed by atoms with E-state index in [4.69, 9.17) is 4.74 Å². The van der Waals surface area contributed by atoms with Crippen LogP contribution in [0.1, 0.15) is 19.4 Å². The van der Waals surface area contributed by atoms with Crippen molar-refractivity contribution in [2.24, 2.45) is 5.92 Å². The van der Waals surface area contributed by atoms with Gasteiger partial charge in [0.25, 0.3) is 0 Å². The van der Waals surface area contributed by atoms with Crippen molar-refractivity contribution in [3.63, 3.8) is 0 Å². The minimum Gasteiger partial charge on any atom is -0.492 e.